The molecule has 0 bridgehead atoms. The van der Waals surface area contributed by atoms with Crippen molar-refractivity contribution >= 4 is 5.78 Å². The number of hydrogen-bond acceptors (Lipinski definition) is 3. The number of rotatable bonds is 8. The fourth-order valence-corrected chi connectivity index (χ4v) is 2.39. The highest BCUT2D eigenvalue weighted by atomic mass is 16.5. The molecule has 0 aromatic rings. The molecule has 3 nitrogen and oxygen atoms in total. The summed E-state index contributed by atoms with van der Waals surface area (Å²) in [5, 5.41) is 0. The van der Waals surface area contributed by atoms with Crippen LogP contribution in [0, 0.1) is 5.92 Å². The van der Waals surface area contributed by atoms with Gasteiger partial charge in [-0.15, -0.1) is 0 Å². The van der Waals surface area contributed by atoms with Gasteiger partial charge in [-0.05, 0) is 39.0 Å². The third kappa shape index (κ3) is 5.96. The normalized spacial score (nSPS) is 24.4. The minimum Gasteiger partial charge on any atom is -0.379 e. The number of ketones is 1. The Kier molecular flexibility index (Phi) is 7.52. The number of Topliss-reactive ketones (excluding diaryl/α,β-unsaturated/α-hetero) is 1. The van der Waals surface area contributed by atoms with E-state index < -0.39 is 0 Å². The fraction of sp³-hybridized carbons (Fsp3) is 0.933. The zero-order valence-electron chi connectivity index (χ0n) is 12.1. The monoisotopic (exact) mass is 256 g/mol. The number of hydrogen-bond donors (Lipinski definition) is 0. The van der Waals surface area contributed by atoms with Crippen LogP contribution in [0.1, 0.15) is 59.3 Å². The Bertz CT molecular complexity index is 230. The molecule has 0 saturated heterocycles. The smallest absolute Gasteiger partial charge is 0.135 e. The SMILES string of the molecule is CCOC1CCC(OCCCC(=O)C(C)C)CC1. The summed E-state index contributed by atoms with van der Waals surface area (Å²) >= 11 is 0. The molecular formula is C15H28O3. The van der Waals surface area contributed by atoms with Gasteiger partial charge in [0.15, 0.2) is 0 Å². The average Bonchev–Trinajstić information content (AvgIpc) is 2.36. The summed E-state index contributed by atoms with van der Waals surface area (Å²) in [6, 6.07) is 0. The molecule has 0 radical (unpaired) electrons. The molecule has 0 aliphatic heterocycles. The summed E-state index contributed by atoms with van der Waals surface area (Å²) in [7, 11) is 0. The van der Waals surface area contributed by atoms with Crippen LogP contribution in [-0.4, -0.2) is 31.2 Å². The van der Waals surface area contributed by atoms with Crippen LogP contribution in [0.5, 0.6) is 0 Å². The Hall–Kier alpha value is -0.410. The Labute approximate surface area is 111 Å². The van der Waals surface area contributed by atoms with Crippen molar-refractivity contribution in [1.29, 1.82) is 0 Å². The van der Waals surface area contributed by atoms with Crippen LogP contribution in [0.4, 0.5) is 0 Å². The van der Waals surface area contributed by atoms with Gasteiger partial charge in [0.1, 0.15) is 5.78 Å². The third-order valence-corrected chi connectivity index (χ3v) is 3.59. The third-order valence-electron chi connectivity index (χ3n) is 3.59. The highest BCUT2D eigenvalue weighted by molar-refractivity contribution is 5.80. The first-order valence-electron chi connectivity index (χ1n) is 7.39. The van der Waals surface area contributed by atoms with Crippen molar-refractivity contribution in [1.82, 2.24) is 0 Å². The van der Waals surface area contributed by atoms with Crippen LogP contribution in [0.3, 0.4) is 0 Å². The van der Waals surface area contributed by atoms with Crippen molar-refractivity contribution in [3.63, 3.8) is 0 Å². The van der Waals surface area contributed by atoms with Gasteiger partial charge < -0.3 is 9.47 Å². The van der Waals surface area contributed by atoms with Crippen molar-refractivity contribution in [2.45, 2.75) is 71.5 Å². The molecule has 1 saturated carbocycles. The Balaban J connectivity index is 2.02. The van der Waals surface area contributed by atoms with Crippen LogP contribution in [0.2, 0.25) is 0 Å². The Morgan fingerprint density at radius 3 is 2.17 bits per heavy atom. The maximum Gasteiger partial charge on any atom is 0.135 e. The lowest BCUT2D eigenvalue weighted by Gasteiger charge is -2.28. The second-order valence-electron chi connectivity index (χ2n) is 5.45. The molecule has 1 aliphatic rings. The van der Waals surface area contributed by atoms with Crippen molar-refractivity contribution in [2.75, 3.05) is 13.2 Å². The second kappa shape index (κ2) is 8.65. The molecule has 18 heavy (non-hydrogen) atoms. The second-order valence-corrected chi connectivity index (χ2v) is 5.45. The van der Waals surface area contributed by atoms with Crippen molar-refractivity contribution < 1.29 is 14.3 Å². The summed E-state index contributed by atoms with van der Waals surface area (Å²) in [6.45, 7) is 7.50. The molecule has 0 N–H and O–H groups in total. The molecular weight excluding hydrogens is 228 g/mol. The van der Waals surface area contributed by atoms with E-state index in [1.165, 1.54) is 0 Å². The average molecular weight is 256 g/mol. The van der Waals surface area contributed by atoms with Crippen LogP contribution in [0.15, 0.2) is 0 Å². The number of ether oxygens (including phenoxy) is 2. The molecule has 0 spiro atoms. The predicted molar refractivity (Wildman–Crippen MR) is 72.7 cm³/mol. The van der Waals surface area contributed by atoms with E-state index in [4.69, 9.17) is 9.47 Å². The molecule has 0 amide bonds. The quantitative estimate of drug-likeness (QED) is 0.625. The number of carbonyl (C=O) groups is 1. The van der Waals surface area contributed by atoms with E-state index in [9.17, 15) is 4.79 Å². The first kappa shape index (κ1) is 15.6. The fourth-order valence-electron chi connectivity index (χ4n) is 2.39. The van der Waals surface area contributed by atoms with Crippen molar-refractivity contribution in [2.24, 2.45) is 5.92 Å². The van der Waals surface area contributed by atoms with Gasteiger partial charge in [-0.25, -0.2) is 0 Å². The molecule has 3 heteroatoms. The summed E-state index contributed by atoms with van der Waals surface area (Å²) in [4.78, 5) is 11.4. The van der Waals surface area contributed by atoms with Crippen LogP contribution in [-0.2, 0) is 14.3 Å². The molecule has 0 aromatic carbocycles. The van der Waals surface area contributed by atoms with Gasteiger partial charge in [0, 0.05) is 25.6 Å². The molecule has 0 heterocycles. The summed E-state index contributed by atoms with van der Waals surface area (Å²) < 4.78 is 11.4. The van der Waals surface area contributed by atoms with E-state index in [0.717, 1.165) is 45.3 Å². The maximum absolute atomic E-state index is 11.4. The van der Waals surface area contributed by atoms with E-state index in [1.54, 1.807) is 0 Å². The van der Waals surface area contributed by atoms with Crippen LogP contribution >= 0.6 is 0 Å². The minimum atomic E-state index is 0.159. The van der Waals surface area contributed by atoms with E-state index in [0.29, 0.717) is 24.4 Å². The standard InChI is InChI=1S/C15H28O3/c1-4-17-13-7-9-14(10-8-13)18-11-5-6-15(16)12(2)3/h12-14H,4-11H2,1-3H3. The van der Waals surface area contributed by atoms with Crippen molar-refractivity contribution in [3.8, 4) is 0 Å². The van der Waals surface area contributed by atoms with Gasteiger partial charge >= 0.3 is 0 Å². The summed E-state index contributed by atoms with van der Waals surface area (Å²) in [5.74, 6) is 0.505. The zero-order chi connectivity index (χ0) is 13.4. The highest BCUT2D eigenvalue weighted by Gasteiger charge is 2.21. The zero-order valence-corrected chi connectivity index (χ0v) is 12.1. The lowest BCUT2D eigenvalue weighted by Crippen LogP contribution is -2.26. The molecule has 0 aromatic heterocycles. The van der Waals surface area contributed by atoms with Gasteiger partial charge in [0.05, 0.1) is 12.2 Å². The van der Waals surface area contributed by atoms with Gasteiger partial charge in [0.2, 0.25) is 0 Å². The molecule has 0 unspecified atom stereocenters. The Morgan fingerprint density at radius 2 is 1.67 bits per heavy atom. The Morgan fingerprint density at radius 1 is 1.11 bits per heavy atom. The first-order chi connectivity index (χ1) is 8.63. The first-order valence-corrected chi connectivity index (χ1v) is 7.39. The van der Waals surface area contributed by atoms with Gasteiger partial charge in [-0.1, -0.05) is 13.8 Å². The van der Waals surface area contributed by atoms with Crippen LogP contribution < -0.4 is 0 Å². The molecule has 106 valence electrons. The summed E-state index contributed by atoms with van der Waals surface area (Å²) in [5.41, 5.74) is 0. The summed E-state index contributed by atoms with van der Waals surface area (Å²) in [6.07, 6.45) is 6.78. The topological polar surface area (TPSA) is 35.5 Å². The van der Waals surface area contributed by atoms with E-state index in [2.05, 4.69) is 0 Å². The number of carbonyl (C=O) groups excluding carboxylic acids is 1. The van der Waals surface area contributed by atoms with Crippen LogP contribution in [0.25, 0.3) is 0 Å². The lowest BCUT2D eigenvalue weighted by atomic mass is 9.95. The van der Waals surface area contributed by atoms with E-state index in [1.807, 2.05) is 20.8 Å². The minimum absolute atomic E-state index is 0.159. The molecule has 0 atom stereocenters. The molecule has 1 rings (SSSR count). The maximum atomic E-state index is 11.4. The highest BCUT2D eigenvalue weighted by Crippen LogP contribution is 2.23. The van der Waals surface area contributed by atoms with Gasteiger partial charge in [0.25, 0.3) is 0 Å². The largest absolute Gasteiger partial charge is 0.379 e. The van der Waals surface area contributed by atoms with Crippen molar-refractivity contribution in [3.05, 3.63) is 0 Å². The predicted octanol–water partition coefficient (Wildman–Crippen LogP) is 3.36. The molecule has 1 aliphatic carbocycles. The van der Waals surface area contributed by atoms with Gasteiger partial charge in [-0.3, -0.25) is 4.79 Å². The molecule has 1 fully saturated rings. The van der Waals surface area contributed by atoms with Gasteiger partial charge in [-0.2, -0.15) is 0 Å². The lowest BCUT2D eigenvalue weighted by molar-refractivity contribution is -0.122. The van der Waals surface area contributed by atoms with E-state index in [-0.39, 0.29) is 5.92 Å². The van der Waals surface area contributed by atoms with E-state index >= 15 is 0 Å².